The molecule has 1 N–H and O–H groups in total. The molecule has 312 valence electrons. The zero-order chi connectivity index (χ0) is 38.8. The normalized spacial score (nSPS) is 11.2. The summed E-state index contributed by atoms with van der Waals surface area (Å²) in [6, 6.07) is 8.82. The summed E-state index contributed by atoms with van der Waals surface area (Å²) in [4.78, 5) is 33.7. The van der Waals surface area contributed by atoms with Crippen molar-refractivity contribution in [3.8, 4) is 0 Å². The molecule has 0 atom stereocenters. The van der Waals surface area contributed by atoms with Gasteiger partial charge >= 0.3 is 17.9 Å². The molecule has 0 saturated carbocycles. The number of carboxylic acids is 1. The van der Waals surface area contributed by atoms with Gasteiger partial charge in [-0.3, -0.25) is 9.59 Å². The number of hydrogen-bond acceptors (Lipinski definition) is 16. The molecule has 0 bridgehead atoms. The van der Waals surface area contributed by atoms with Crippen LogP contribution in [0.1, 0.15) is 36.0 Å². The van der Waals surface area contributed by atoms with Gasteiger partial charge in [0.1, 0.15) is 13.2 Å². The Morgan fingerprint density at radius 3 is 0.963 bits per heavy atom. The SMILES string of the molecule is O=C(O)CCCCC(=O)OCCOCCOCCOCCOCCOCCOCCOCCOCCOCCOCCOCCOC(=O)c1ccccc1. The van der Waals surface area contributed by atoms with Gasteiger partial charge in [-0.25, -0.2) is 4.79 Å². The Kier molecular flexibility index (Phi) is 36.3. The molecule has 0 saturated heterocycles. The van der Waals surface area contributed by atoms with Gasteiger partial charge < -0.3 is 66.7 Å². The van der Waals surface area contributed by atoms with Crippen molar-refractivity contribution in [2.75, 3.05) is 159 Å². The minimum absolute atomic E-state index is 0.0556. The predicted octanol–water partition coefficient (Wildman–Crippen LogP) is 2.21. The fourth-order valence-corrected chi connectivity index (χ4v) is 3.98. The van der Waals surface area contributed by atoms with Gasteiger partial charge in [-0.05, 0) is 25.0 Å². The maximum atomic E-state index is 11.8. The highest BCUT2D eigenvalue weighted by atomic mass is 16.6. The number of esters is 2. The molecule has 0 spiro atoms. The van der Waals surface area contributed by atoms with Crippen LogP contribution in [-0.4, -0.2) is 182 Å². The fourth-order valence-electron chi connectivity index (χ4n) is 3.98. The first kappa shape index (κ1) is 49.2. The maximum Gasteiger partial charge on any atom is 0.338 e. The lowest BCUT2D eigenvalue weighted by atomic mass is 10.2. The number of aliphatic carboxylic acids is 1. The smallest absolute Gasteiger partial charge is 0.338 e. The number of carbonyl (C=O) groups is 3. The summed E-state index contributed by atoms with van der Waals surface area (Å²) in [5.74, 6) is -1.58. The highest BCUT2D eigenvalue weighted by molar-refractivity contribution is 5.89. The quantitative estimate of drug-likeness (QED) is 0.0750. The number of benzene rings is 1. The van der Waals surface area contributed by atoms with E-state index in [1.54, 1.807) is 24.3 Å². The van der Waals surface area contributed by atoms with E-state index in [0.717, 1.165) is 0 Å². The molecule has 0 unspecified atom stereocenters. The van der Waals surface area contributed by atoms with Crippen molar-refractivity contribution in [3.63, 3.8) is 0 Å². The van der Waals surface area contributed by atoms with Crippen LogP contribution in [0.4, 0.5) is 0 Å². The van der Waals surface area contributed by atoms with Gasteiger partial charge in [0.05, 0.1) is 151 Å². The van der Waals surface area contributed by atoms with Crippen LogP contribution >= 0.6 is 0 Å². The van der Waals surface area contributed by atoms with E-state index in [9.17, 15) is 14.4 Å². The zero-order valence-electron chi connectivity index (χ0n) is 31.7. The minimum atomic E-state index is -0.867. The third-order valence-corrected chi connectivity index (χ3v) is 6.70. The van der Waals surface area contributed by atoms with Crippen molar-refractivity contribution >= 4 is 17.9 Å². The molecule has 1 aromatic carbocycles. The van der Waals surface area contributed by atoms with Crippen LogP contribution in [0.25, 0.3) is 0 Å². The molecule has 17 heteroatoms. The van der Waals surface area contributed by atoms with Gasteiger partial charge in [0.2, 0.25) is 0 Å². The first-order valence-corrected chi connectivity index (χ1v) is 18.5. The summed E-state index contributed by atoms with van der Waals surface area (Å²) in [6.45, 7) is 9.98. The average Bonchev–Trinajstić information content (AvgIpc) is 3.18. The van der Waals surface area contributed by atoms with Crippen molar-refractivity contribution < 1.29 is 81.1 Å². The highest BCUT2D eigenvalue weighted by Gasteiger charge is 2.06. The molecule has 0 heterocycles. The lowest BCUT2D eigenvalue weighted by Crippen LogP contribution is -2.16. The number of carboxylic acid groups (broad SMARTS) is 1. The van der Waals surface area contributed by atoms with Crippen molar-refractivity contribution in [1.82, 2.24) is 0 Å². The zero-order valence-corrected chi connectivity index (χ0v) is 31.7. The molecule has 0 aromatic heterocycles. The van der Waals surface area contributed by atoms with Crippen LogP contribution in [0.3, 0.4) is 0 Å². The van der Waals surface area contributed by atoms with Crippen molar-refractivity contribution in [2.45, 2.75) is 25.7 Å². The van der Waals surface area contributed by atoms with Crippen molar-refractivity contribution in [3.05, 3.63) is 35.9 Å². The molecule has 0 aliphatic carbocycles. The third kappa shape index (κ3) is 36.2. The number of carbonyl (C=O) groups excluding carboxylic acids is 2. The molecule has 17 nitrogen and oxygen atoms in total. The summed E-state index contributed by atoms with van der Waals surface area (Å²) in [5.41, 5.74) is 0.518. The Balaban J connectivity index is 1.64. The van der Waals surface area contributed by atoms with Gasteiger partial charge in [-0.1, -0.05) is 18.2 Å². The van der Waals surface area contributed by atoms with E-state index in [0.29, 0.717) is 157 Å². The molecular weight excluding hydrogens is 716 g/mol. The number of unbranched alkanes of at least 4 members (excludes halogenated alkanes) is 1. The molecular formula is C37H62O17. The topological polar surface area (TPSA) is 191 Å². The van der Waals surface area contributed by atoms with Crippen LogP contribution in [0.5, 0.6) is 0 Å². The monoisotopic (exact) mass is 778 g/mol. The molecule has 0 aliphatic heterocycles. The molecule has 0 fully saturated rings. The van der Waals surface area contributed by atoms with Crippen LogP contribution in [0, 0.1) is 0 Å². The van der Waals surface area contributed by atoms with E-state index >= 15 is 0 Å². The number of hydrogen-bond donors (Lipinski definition) is 1. The Morgan fingerprint density at radius 2 is 0.648 bits per heavy atom. The summed E-state index contributed by atoms with van der Waals surface area (Å²) in [7, 11) is 0. The molecule has 0 radical (unpaired) electrons. The Labute approximate surface area is 318 Å². The highest BCUT2D eigenvalue weighted by Crippen LogP contribution is 2.02. The summed E-state index contributed by atoms with van der Waals surface area (Å²) in [6.07, 6.45) is 1.22. The van der Waals surface area contributed by atoms with E-state index in [1.165, 1.54) is 0 Å². The third-order valence-electron chi connectivity index (χ3n) is 6.70. The van der Waals surface area contributed by atoms with Crippen LogP contribution in [0.15, 0.2) is 30.3 Å². The van der Waals surface area contributed by atoms with E-state index in [4.69, 9.17) is 66.7 Å². The summed E-state index contributed by atoms with van der Waals surface area (Å²) >= 11 is 0. The van der Waals surface area contributed by atoms with Gasteiger partial charge in [0.15, 0.2) is 0 Å². The van der Waals surface area contributed by atoms with E-state index in [1.807, 2.05) is 6.07 Å². The minimum Gasteiger partial charge on any atom is -0.481 e. The molecule has 1 aromatic rings. The van der Waals surface area contributed by atoms with Crippen molar-refractivity contribution in [2.24, 2.45) is 0 Å². The van der Waals surface area contributed by atoms with Gasteiger partial charge in [-0.15, -0.1) is 0 Å². The number of ether oxygens (including phenoxy) is 13. The van der Waals surface area contributed by atoms with E-state index < -0.39 is 5.97 Å². The van der Waals surface area contributed by atoms with Crippen LogP contribution in [0.2, 0.25) is 0 Å². The molecule has 0 amide bonds. The average molecular weight is 779 g/mol. The van der Waals surface area contributed by atoms with E-state index in [2.05, 4.69) is 0 Å². The predicted molar refractivity (Wildman–Crippen MR) is 193 cm³/mol. The molecule has 54 heavy (non-hydrogen) atoms. The Hall–Kier alpha value is -2.81. The second-order valence-corrected chi connectivity index (χ2v) is 11.1. The van der Waals surface area contributed by atoms with Crippen LogP contribution in [-0.2, 0) is 71.2 Å². The maximum absolute atomic E-state index is 11.8. The standard InChI is InChI=1S/C37H62O17/c38-35(39)8-4-5-9-36(40)53-32-30-51-28-26-49-24-22-47-20-18-45-16-14-43-12-10-42-11-13-44-15-17-46-19-21-48-23-25-50-27-29-52-31-33-54-37(41)34-6-2-1-3-7-34/h1-3,6-7H,4-5,8-33H2,(H,38,39). The van der Waals surface area contributed by atoms with Crippen molar-refractivity contribution in [1.29, 1.82) is 0 Å². The lowest BCUT2D eigenvalue weighted by Gasteiger charge is -2.09. The Morgan fingerprint density at radius 1 is 0.370 bits per heavy atom. The first-order chi connectivity index (χ1) is 26.6. The van der Waals surface area contributed by atoms with Gasteiger partial charge in [0, 0.05) is 12.8 Å². The van der Waals surface area contributed by atoms with Gasteiger partial charge in [-0.2, -0.15) is 0 Å². The van der Waals surface area contributed by atoms with E-state index in [-0.39, 0.29) is 44.6 Å². The molecule has 0 aliphatic rings. The summed E-state index contributed by atoms with van der Waals surface area (Å²) < 4.78 is 70.0. The Bertz CT molecular complexity index is 985. The van der Waals surface area contributed by atoms with Gasteiger partial charge in [0.25, 0.3) is 0 Å². The summed E-state index contributed by atoms with van der Waals surface area (Å²) in [5, 5.41) is 8.56. The largest absolute Gasteiger partial charge is 0.481 e. The fraction of sp³-hybridized carbons (Fsp3) is 0.757. The molecule has 1 rings (SSSR count). The second-order valence-electron chi connectivity index (χ2n) is 11.1. The van der Waals surface area contributed by atoms with Crippen LogP contribution < -0.4 is 0 Å². The number of rotatable bonds is 42. The lowest BCUT2D eigenvalue weighted by molar-refractivity contribution is -0.146. The second kappa shape index (κ2) is 39.9. The first-order valence-electron chi connectivity index (χ1n) is 18.5.